The van der Waals surface area contributed by atoms with Crippen molar-refractivity contribution in [2.75, 3.05) is 25.5 Å². The van der Waals surface area contributed by atoms with E-state index in [-0.39, 0.29) is 18.1 Å². The van der Waals surface area contributed by atoms with E-state index in [0.29, 0.717) is 23.0 Å². The smallest absolute Gasteiger partial charge is 0.236 e. The highest BCUT2D eigenvalue weighted by Crippen LogP contribution is 2.18. The molecule has 1 amide bonds. The summed E-state index contributed by atoms with van der Waals surface area (Å²) in [5.74, 6) is 0.866. The number of nitriles is 1. The molecular formula is C20H22FN7O. The van der Waals surface area contributed by atoms with Crippen molar-refractivity contribution in [2.45, 2.75) is 25.7 Å². The Bertz CT molecular complexity index is 1020. The summed E-state index contributed by atoms with van der Waals surface area (Å²) >= 11 is 0. The Balaban J connectivity index is 0.000000188. The minimum Gasteiger partial charge on any atom is -0.373 e. The summed E-state index contributed by atoms with van der Waals surface area (Å²) in [7, 11) is 1.78. The van der Waals surface area contributed by atoms with E-state index in [2.05, 4.69) is 20.3 Å². The SMILES string of the molecule is CNc1ccnc(-c2cnc3ccc(F)cn23)n1.N#CCC(=O)N1CCCCC1. The fourth-order valence-corrected chi connectivity index (χ4v) is 3.06. The molecule has 1 saturated heterocycles. The number of imidazole rings is 1. The number of carbonyl (C=O) groups excluding carboxylic acids is 1. The standard InChI is InChI=1S/C12H10FN5.C8H12N2O/c1-14-10-4-5-15-12(17-10)9-6-16-11-3-2-8(13)7-18(9)11;9-5-4-8(11)10-6-2-1-3-7-10/h2-7H,1H3,(H,14,15,17);1-4,6-7H2. The van der Waals surface area contributed by atoms with E-state index in [1.165, 1.54) is 18.7 Å². The summed E-state index contributed by atoms with van der Waals surface area (Å²) in [4.78, 5) is 25.6. The van der Waals surface area contributed by atoms with Crippen LogP contribution in [-0.2, 0) is 4.79 Å². The Morgan fingerprint density at radius 1 is 1.24 bits per heavy atom. The fraction of sp³-hybridized carbons (Fsp3) is 0.350. The summed E-state index contributed by atoms with van der Waals surface area (Å²) in [6.07, 6.45) is 8.09. The third kappa shape index (κ3) is 5.04. The molecule has 1 N–H and O–H groups in total. The maximum absolute atomic E-state index is 13.3. The first-order chi connectivity index (χ1) is 14.1. The van der Waals surface area contributed by atoms with E-state index >= 15 is 0 Å². The summed E-state index contributed by atoms with van der Waals surface area (Å²) in [6.45, 7) is 1.70. The molecule has 150 valence electrons. The van der Waals surface area contributed by atoms with Gasteiger partial charge in [-0.15, -0.1) is 0 Å². The number of likely N-dealkylation sites (tertiary alicyclic amines) is 1. The van der Waals surface area contributed by atoms with E-state index in [1.807, 2.05) is 6.07 Å². The number of anilines is 1. The van der Waals surface area contributed by atoms with Crippen LogP contribution in [0.25, 0.3) is 17.2 Å². The lowest BCUT2D eigenvalue weighted by atomic mass is 10.1. The zero-order valence-electron chi connectivity index (χ0n) is 16.2. The second kappa shape index (κ2) is 9.59. The minimum atomic E-state index is -0.327. The van der Waals surface area contributed by atoms with Gasteiger partial charge in [-0.05, 0) is 37.5 Å². The normalized spacial score (nSPS) is 13.3. The quantitative estimate of drug-likeness (QED) is 0.732. The van der Waals surface area contributed by atoms with Crippen molar-refractivity contribution in [1.29, 1.82) is 5.26 Å². The number of carbonyl (C=O) groups is 1. The predicted molar refractivity (Wildman–Crippen MR) is 106 cm³/mol. The van der Waals surface area contributed by atoms with Crippen molar-refractivity contribution >= 4 is 17.4 Å². The van der Waals surface area contributed by atoms with Crippen molar-refractivity contribution in [2.24, 2.45) is 0 Å². The molecule has 1 aliphatic rings. The van der Waals surface area contributed by atoms with E-state index < -0.39 is 0 Å². The molecule has 0 radical (unpaired) electrons. The van der Waals surface area contributed by atoms with E-state index in [4.69, 9.17) is 5.26 Å². The number of nitrogens with one attached hydrogen (secondary N) is 1. The number of halogens is 1. The lowest BCUT2D eigenvalue weighted by Crippen LogP contribution is -2.35. The maximum atomic E-state index is 13.3. The van der Waals surface area contributed by atoms with Gasteiger partial charge in [0, 0.05) is 32.5 Å². The highest BCUT2D eigenvalue weighted by molar-refractivity contribution is 5.78. The molecule has 0 aliphatic carbocycles. The van der Waals surface area contributed by atoms with E-state index in [0.717, 1.165) is 25.9 Å². The average Bonchev–Trinajstić information content (AvgIpc) is 3.18. The van der Waals surface area contributed by atoms with Gasteiger partial charge < -0.3 is 10.2 Å². The molecule has 0 aromatic carbocycles. The van der Waals surface area contributed by atoms with Crippen molar-refractivity contribution < 1.29 is 9.18 Å². The van der Waals surface area contributed by atoms with Crippen LogP contribution in [0.1, 0.15) is 25.7 Å². The van der Waals surface area contributed by atoms with Gasteiger partial charge in [0.15, 0.2) is 5.82 Å². The van der Waals surface area contributed by atoms with Gasteiger partial charge in [0.05, 0.1) is 12.3 Å². The molecule has 0 bridgehead atoms. The van der Waals surface area contributed by atoms with Gasteiger partial charge in [-0.1, -0.05) is 0 Å². The van der Waals surface area contributed by atoms with Crippen LogP contribution < -0.4 is 5.32 Å². The van der Waals surface area contributed by atoms with Gasteiger partial charge in [-0.3, -0.25) is 9.20 Å². The first kappa shape index (κ1) is 20.2. The molecule has 0 atom stereocenters. The fourth-order valence-electron chi connectivity index (χ4n) is 3.06. The van der Waals surface area contributed by atoms with Crippen LogP contribution in [0.4, 0.5) is 10.2 Å². The molecule has 1 aliphatic heterocycles. The van der Waals surface area contributed by atoms with Crippen molar-refractivity contribution in [3.63, 3.8) is 0 Å². The summed E-state index contributed by atoms with van der Waals surface area (Å²) < 4.78 is 14.9. The Hall–Kier alpha value is -3.54. The summed E-state index contributed by atoms with van der Waals surface area (Å²) in [6, 6.07) is 6.61. The second-order valence-electron chi connectivity index (χ2n) is 6.51. The van der Waals surface area contributed by atoms with Crippen LogP contribution >= 0.6 is 0 Å². The van der Waals surface area contributed by atoms with Gasteiger partial charge in [0.25, 0.3) is 0 Å². The molecule has 3 aromatic rings. The highest BCUT2D eigenvalue weighted by Gasteiger charge is 2.15. The zero-order valence-corrected chi connectivity index (χ0v) is 16.2. The first-order valence-corrected chi connectivity index (χ1v) is 9.41. The van der Waals surface area contributed by atoms with Crippen LogP contribution in [0.15, 0.2) is 36.8 Å². The highest BCUT2D eigenvalue weighted by atomic mass is 19.1. The number of rotatable bonds is 3. The average molecular weight is 395 g/mol. The van der Waals surface area contributed by atoms with Gasteiger partial charge in [0.2, 0.25) is 5.91 Å². The third-order valence-electron chi connectivity index (χ3n) is 4.55. The zero-order chi connectivity index (χ0) is 20.6. The number of amides is 1. The van der Waals surface area contributed by atoms with Crippen LogP contribution in [0.5, 0.6) is 0 Å². The monoisotopic (exact) mass is 395 g/mol. The lowest BCUT2D eigenvalue weighted by molar-refractivity contribution is -0.130. The molecule has 29 heavy (non-hydrogen) atoms. The summed E-state index contributed by atoms with van der Waals surface area (Å²) in [5, 5.41) is 11.2. The van der Waals surface area contributed by atoms with Gasteiger partial charge in [-0.25, -0.2) is 19.3 Å². The van der Waals surface area contributed by atoms with Crippen molar-refractivity contribution in [3.8, 4) is 17.6 Å². The molecule has 4 heterocycles. The maximum Gasteiger partial charge on any atom is 0.236 e. The second-order valence-corrected chi connectivity index (χ2v) is 6.51. The minimum absolute atomic E-state index is 0.00722. The Labute approximate surface area is 168 Å². The Morgan fingerprint density at radius 2 is 2.03 bits per heavy atom. The first-order valence-electron chi connectivity index (χ1n) is 9.41. The number of hydrogen-bond donors (Lipinski definition) is 1. The van der Waals surface area contributed by atoms with Crippen molar-refractivity contribution in [3.05, 3.63) is 42.6 Å². The van der Waals surface area contributed by atoms with E-state index in [9.17, 15) is 9.18 Å². The molecule has 1 fully saturated rings. The topological polar surface area (TPSA) is 99.2 Å². The van der Waals surface area contributed by atoms with Gasteiger partial charge >= 0.3 is 0 Å². The Morgan fingerprint density at radius 3 is 2.76 bits per heavy atom. The number of aromatic nitrogens is 4. The number of nitrogens with zero attached hydrogens (tertiary/aromatic N) is 6. The predicted octanol–water partition coefficient (Wildman–Crippen LogP) is 2.88. The largest absolute Gasteiger partial charge is 0.373 e. The van der Waals surface area contributed by atoms with Crippen molar-refractivity contribution in [1.82, 2.24) is 24.3 Å². The number of hydrogen-bond acceptors (Lipinski definition) is 6. The molecular weight excluding hydrogens is 373 g/mol. The van der Waals surface area contributed by atoms with Crippen LogP contribution in [-0.4, -0.2) is 50.3 Å². The molecule has 4 rings (SSSR count). The van der Waals surface area contributed by atoms with Crippen LogP contribution in [0.3, 0.4) is 0 Å². The number of pyridine rings is 1. The molecule has 9 heteroatoms. The molecule has 8 nitrogen and oxygen atoms in total. The molecule has 0 spiro atoms. The molecule has 3 aromatic heterocycles. The third-order valence-corrected chi connectivity index (χ3v) is 4.55. The van der Waals surface area contributed by atoms with E-state index in [1.54, 1.807) is 40.9 Å². The number of fused-ring (bicyclic) bond motifs is 1. The van der Waals surface area contributed by atoms with Crippen LogP contribution in [0.2, 0.25) is 0 Å². The lowest BCUT2D eigenvalue weighted by Gasteiger charge is -2.25. The molecule has 0 unspecified atom stereocenters. The summed E-state index contributed by atoms with van der Waals surface area (Å²) in [5.41, 5.74) is 1.31. The molecule has 0 saturated carbocycles. The van der Waals surface area contributed by atoms with Gasteiger partial charge in [0.1, 0.15) is 29.4 Å². The number of piperidine rings is 1. The van der Waals surface area contributed by atoms with Crippen LogP contribution in [0, 0.1) is 17.1 Å². The van der Waals surface area contributed by atoms with Gasteiger partial charge in [-0.2, -0.15) is 5.26 Å². The Kier molecular flexibility index (Phi) is 6.68.